The monoisotopic (exact) mass is 322 g/mol. The molecule has 0 spiro atoms. The highest BCUT2D eigenvalue weighted by molar-refractivity contribution is 5.72. The van der Waals surface area contributed by atoms with E-state index in [1.807, 2.05) is 6.92 Å². The molecule has 6 nitrogen and oxygen atoms in total. The number of carbonyl (C=O) groups is 1. The molecule has 2 unspecified atom stereocenters. The molecular weight excluding hydrogens is 296 g/mol. The Morgan fingerprint density at radius 3 is 2.78 bits per heavy atom. The van der Waals surface area contributed by atoms with Crippen molar-refractivity contribution in [2.75, 3.05) is 6.54 Å². The molecule has 1 fully saturated rings. The van der Waals surface area contributed by atoms with E-state index in [4.69, 9.17) is 0 Å². The van der Waals surface area contributed by atoms with Gasteiger partial charge >= 0.3 is 5.97 Å². The topological polar surface area (TPSA) is 82.8 Å². The Kier molecular flexibility index (Phi) is 5.82. The molecule has 1 saturated heterocycles. The maximum atomic E-state index is 11.8. The molecule has 0 radical (unpaired) electrons. The van der Waals surface area contributed by atoms with Crippen LogP contribution in [-0.2, 0) is 11.3 Å². The van der Waals surface area contributed by atoms with Gasteiger partial charge in [-0.2, -0.15) is 0 Å². The molecule has 2 heterocycles. The minimum absolute atomic E-state index is 0.400. The molecule has 23 heavy (non-hydrogen) atoms. The van der Waals surface area contributed by atoms with Crippen molar-refractivity contribution in [3.05, 3.63) is 28.2 Å². The summed E-state index contributed by atoms with van der Waals surface area (Å²) in [4.78, 5) is 25.7. The van der Waals surface area contributed by atoms with Gasteiger partial charge < -0.3 is 14.8 Å². The summed E-state index contributed by atoms with van der Waals surface area (Å²) in [5.74, 6) is -1.34. The van der Waals surface area contributed by atoms with Crippen molar-refractivity contribution in [3.63, 3.8) is 0 Å². The fourth-order valence-corrected chi connectivity index (χ4v) is 3.25. The second kappa shape index (κ2) is 7.64. The van der Waals surface area contributed by atoms with Crippen LogP contribution in [0.2, 0.25) is 0 Å². The van der Waals surface area contributed by atoms with Gasteiger partial charge in [0.1, 0.15) is 6.04 Å². The van der Waals surface area contributed by atoms with Crippen LogP contribution in [0, 0.1) is 0 Å². The lowest BCUT2D eigenvalue weighted by Crippen LogP contribution is -2.38. The van der Waals surface area contributed by atoms with Crippen molar-refractivity contribution in [2.45, 2.75) is 64.6 Å². The summed E-state index contributed by atoms with van der Waals surface area (Å²) in [5, 5.41) is 19.2. The summed E-state index contributed by atoms with van der Waals surface area (Å²) < 4.78 is 1.56. The Labute approximate surface area is 136 Å². The van der Waals surface area contributed by atoms with Crippen LogP contribution in [0.1, 0.15) is 57.7 Å². The van der Waals surface area contributed by atoms with Crippen LogP contribution in [0.25, 0.3) is 0 Å². The minimum Gasteiger partial charge on any atom is -0.503 e. The second-order valence-electron chi connectivity index (χ2n) is 6.38. The highest BCUT2D eigenvalue weighted by Crippen LogP contribution is 2.23. The van der Waals surface area contributed by atoms with E-state index in [2.05, 4.69) is 11.8 Å². The van der Waals surface area contributed by atoms with Crippen molar-refractivity contribution in [1.82, 2.24) is 9.47 Å². The first-order valence-electron chi connectivity index (χ1n) is 8.35. The number of hydrogen-bond donors (Lipinski definition) is 2. The van der Waals surface area contributed by atoms with Gasteiger partial charge in [-0.05, 0) is 32.7 Å². The number of aromatic nitrogens is 1. The molecule has 0 aromatic carbocycles. The van der Waals surface area contributed by atoms with E-state index in [0.717, 1.165) is 19.4 Å². The number of hydrogen-bond acceptors (Lipinski definition) is 4. The van der Waals surface area contributed by atoms with E-state index in [1.165, 1.54) is 18.7 Å². The lowest BCUT2D eigenvalue weighted by atomic mass is 10.0. The van der Waals surface area contributed by atoms with Gasteiger partial charge in [0.2, 0.25) is 5.43 Å². The molecule has 0 bridgehead atoms. The number of carboxylic acids is 1. The summed E-state index contributed by atoms with van der Waals surface area (Å²) in [5.41, 5.74) is 0.198. The number of nitrogens with zero attached hydrogens (tertiary/aromatic N) is 2. The first-order valence-corrected chi connectivity index (χ1v) is 8.35. The van der Waals surface area contributed by atoms with Crippen molar-refractivity contribution < 1.29 is 15.0 Å². The van der Waals surface area contributed by atoms with Gasteiger partial charge in [-0.25, -0.2) is 4.79 Å². The zero-order chi connectivity index (χ0) is 17.0. The third kappa shape index (κ3) is 4.13. The highest BCUT2D eigenvalue weighted by atomic mass is 16.4. The van der Waals surface area contributed by atoms with Crippen LogP contribution in [0.3, 0.4) is 0 Å². The van der Waals surface area contributed by atoms with Crippen LogP contribution in [0.4, 0.5) is 0 Å². The standard InChI is InChI=1S/C17H26N2O4/c1-3-6-14(17(22)23)19-11-16(21)15(20)9-13(19)10-18-8-5-4-7-12(18)2/h9,11-12,14,21H,3-8,10H2,1-2H3,(H,22,23). The molecule has 1 aromatic rings. The number of aliphatic carboxylic acids is 1. The van der Waals surface area contributed by atoms with Gasteiger partial charge in [0.15, 0.2) is 5.75 Å². The van der Waals surface area contributed by atoms with E-state index < -0.39 is 23.2 Å². The predicted molar refractivity (Wildman–Crippen MR) is 87.7 cm³/mol. The SMILES string of the molecule is CCCC(C(=O)O)n1cc(O)c(=O)cc1CN1CCCCC1C. The fourth-order valence-electron chi connectivity index (χ4n) is 3.25. The first kappa shape index (κ1) is 17.5. The maximum absolute atomic E-state index is 11.8. The predicted octanol–water partition coefficient (Wildman–Crippen LogP) is 2.35. The first-order chi connectivity index (χ1) is 10.9. The molecule has 2 atom stereocenters. The lowest BCUT2D eigenvalue weighted by Gasteiger charge is -2.34. The van der Waals surface area contributed by atoms with Gasteiger partial charge in [-0.15, -0.1) is 0 Å². The zero-order valence-electron chi connectivity index (χ0n) is 13.9. The lowest BCUT2D eigenvalue weighted by molar-refractivity contribution is -0.141. The van der Waals surface area contributed by atoms with Gasteiger partial charge in [0, 0.05) is 24.3 Å². The molecule has 1 aliphatic heterocycles. The van der Waals surface area contributed by atoms with Gasteiger partial charge in [-0.3, -0.25) is 9.69 Å². The van der Waals surface area contributed by atoms with Crippen LogP contribution in [0.15, 0.2) is 17.1 Å². The minimum atomic E-state index is -0.942. The Bertz CT molecular complexity index is 611. The largest absolute Gasteiger partial charge is 0.503 e. The summed E-state index contributed by atoms with van der Waals surface area (Å²) in [6.45, 7) is 5.55. The number of piperidine rings is 1. The van der Waals surface area contributed by atoms with Gasteiger partial charge in [-0.1, -0.05) is 19.8 Å². The average molecular weight is 322 g/mol. The van der Waals surface area contributed by atoms with Crippen molar-refractivity contribution in [1.29, 1.82) is 0 Å². The Morgan fingerprint density at radius 1 is 1.43 bits per heavy atom. The van der Waals surface area contributed by atoms with Gasteiger partial charge in [0.25, 0.3) is 0 Å². The smallest absolute Gasteiger partial charge is 0.326 e. The van der Waals surface area contributed by atoms with Crippen molar-refractivity contribution >= 4 is 5.97 Å². The summed E-state index contributed by atoms with van der Waals surface area (Å²) >= 11 is 0. The van der Waals surface area contributed by atoms with Crippen LogP contribution in [0.5, 0.6) is 5.75 Å². The summed E-state index contributed by atoms with van der Waals surface area (Å²) in [6.07, 6.45) is 5.88. The molecule has 2 N–H and O–H groups in total. The van der Waals surface area contributed by atoms with E-state index in [-0.39, 0.29) is 0 Å². The molecule has 0 aliphatic carbocycles. The second-order valence-corrected chi connectivity index (χ2v) is 6.38. The van der Waals surface area contributed by atoms with E-state index in [9.17, 15) is 19.8 Å². The number of carboxylic acid groups (broad SMARTS) is 1. The molecule has 0 amide bonds. The average Bonchev–Trinajstić information content (AvgIpc) is 2.50. The number of pyridine rings is 1. The Balaban J connectivity index is 2.38. The van der Waals surface area contributed by atoms with Crippen molar-refractivity contribution in [2.24, 2.45) is 0 Å². The third-order valence-electron chi connectivity index (χ3n) is 4.63. The van der Waals surface area contributed by atoms with Gasteiger partial charge in [0.05, 0.1) is 6.20 Å². The van der Waals surface area contributed by atoms with E-state index in [1.54, 1.807) is 4.57 Å². The molecular formula is C17H26N2O4. The summed E-state index contributed by atoms with van der Waals surface area (Å²) in [6, 6.07) is 1.03. The Hall–Kier alpha value is -1.82. The third-order valence-corrected chi connectivity index (χ3v) is 4.63. The summed E-state index contributed by atoms with van der Waals surface area (Å²) in [7, 11) is 0. The number of rotatable bonds is 6. The van der Waals surface area contributed by atoms with Crippen LogP contribution >= 0.6 is 0 Å². The molecule has 1 aromatic heterocycles. The quantitative estimate of drug-likeness (QED) is 0.840. The molecule has 6 heteroatoms. The molecule has 0 saturated carbocycles. The zero-order valence-corrected chi connectivity index (χ0v) is 13.9. The molecule has 1 aliphatic rings. The molecule has 2 rings (SSSR count). The number of aromatic hydroxyl groups is 1. The number of likely N-dealkylation sites (tertiary alicyclic amines) is 1. The van der Waals surface area contributed by atoms with E-state index >= 15 is 0 Å². The molecule has 128 valence electrons. The normalized spacial score (nSPS) is 20.3. The van der Waals surface area contributed by atoms with Crippen LogP contribution in [-0.4, -0.2) is 38.2 Å². The van der Waals surface area contributed by atoms with Crippen molar-refractivity contribution in [3.8, 4) is 5.75 Å². The van der Waals surface area contributed by atoms with Crippen LogP contribution < -0.4 is 5.43 Å². The maximum Gasteiger partial charge on any atom is 0.326 e. The van der Waals surface area contributed by atoms with E-state index in [0.29, 0.717) is 31.1 Å². The highest BCUT2D eigenvalue weighted by Gasteiger charge is 2.24. The fraction of sp³-hybridized carbons (Fsp3) is 0.647. The Morgan fingerprint density at radius 2 is 2.17 bits per heavy atom.